The van der Waals surface area contributed by atoms with E-state index in [1.807, 2.05) is 48.5 Å². The molecular formula is C24H24N4O3. The minimum absolute atomic E-state index is 0.0270. The van der Waals surface area contributed by atoms with Gasteiger partial charge >= 0.3 is 0 Å². The fourth-order valence-electron chi connectivity index (χ4n) is 3.85. The number of hydrogen-bond donors (Lipinski definition) is 1. The molecule has 0 bridgehead atoms. The maximum absolute atomic E-state index is 12.8. The average Bonchev–Trinajstić information content (AvgIpc) is 2.80. The van der Waals surface area contributed by atoms with Crippen LogP contribution in [0.3, 0.4) is 0 Å². The third kappa shape index (κ3) is 4.22. The molecule has 31 heavy (non-hydrogen) atoms. The van der Waals surface area contributed by atoms with Crippen molar-refractivity contribution in [2.45, 2.75) is 13.5 Å². The van der Waals surface area contributed by atoms with Crippen LogP contribution in [0.5, 0.6) is 5.88 Å². The van der Waals surface area contributed by atoms with Gasteiger partial charge < -0.3 is 9.84 Å². The molecule has 4 rings (SSSR count). The SMILES string of the molecule is Cc1c(C=Nc2cccc3ccccc23)c(O)n(CCN2CCOCC2)c(=O)c1C#N. The number of morpholine rings is 1. The molecule has 2 heterocycles. The lowest BCUT2D eigenvalue weighted by Crippen LogP contribution is -2.39. The summed E-state index contributed by atoms with van der Waals surface area (Å²) in [7, 11) is 0. The lowest BCUT2D eigenvalue weighted by molar-refractivity contribution is 0.0360. The van der Waals surface area contributed by atoms with Gasteiger partial charge in [0.2, 0.25) is 5.88 Å². The number of ether oxygens (including phenoxy) is 1. The maximum Gasteiger partial charge on any atom is 0.271 e. The predicted molar refractivity (Wildman–Crippen MR) is 120 cm³/mol. The summed E-state index contributed by atoms with van der Waals surface area (Å²) in [5.41, 5.74) is 1.11. The Bertz CT molecular complexity index is 1230. The molecule has 2 aromatic carbocycles. The summed E-state index contributed by atoms with van der Waals surface area (Å²) in [6, 6.07) is 15.7. The second kappa shape index (κ2) is 9.13. The van der Waals surface area contributed by atoms with Crippen molar-refractivity contribution in [1.82, 2.24) is 9.47 Å². The molecule has 1 aliphatic rings. The number of aliphatic imine (C=N–C) groups is 1. The lowest BCUT2D eigenvalue weighted by atomic mass is 10.1. The monoisotopic (exact) mass is 416 g/mol. The van der Waals surface area contributed by atoms with Crippen LogP contribution in [0.25, 0.3) is 10.8 Å². The summed E-state index contributed by atoms with van der Waals surface area (Å²) in [4.78, 5) is 19.6. The number of aromatic nitrogens is 1. The third-order valence-corrected chi connectivity index (χ3v) is 5.69. The van der Waals surface area contributed by atoms with Crippen molar-refractivity contribution < 1.29 is 9.84 Å². The molecule has 158 valence electrons. The van der Waals surface area contributed by atoms with Crippen molar-refractivity contribution >= 4 is 22.7 Å². The van der Waals surface area contributed by atoms with Crippen molar-refractivity contribution in [3.8, 4) is 11.9 Å². The van der Waals surface area contributed by atoms with Crippen molar-refractivity contribution in [2.24, 2.45) is 4.99 Å². The second-order valence-corrected chi connectivity index (χ2v) is 7.52. The average molecular weight is 416 g/mol. The van der Waals surface area contributed by atoms with E-state index in [4.69, 9.17) is 4.74 Å². The molecule has 1 N–H and O–H groups in total. The van der Waals surface area contributed by atoms with Crippen LogP contribution < -0.4 is 5.56 Å². The van der Waals surface area contributed by atoms with Gasteiger partial charge in [0, 0.05) is 37.8 Å². The molecule has 0 amide bonds. The molecule has 1 aliphatic heterocycles. The van der Waals surface area contributed by atoms with Gasteiger partial charge in [-0.2, -0.15) is 5.26 Å². The standard InChI is InChI=1S/C24H24N4O3/c1-17-20(15-25)23(29)28(10-9-27-11-13-31-14-12-27)24(30)21(17)16-26-22-8-4-6-18-5-2-3-7-19(18)22/h2-8,16,30H,9-14H2,1H3. The first kappa shape index (κ1) is 20.8. The second-order valence-electron chi connectivity index (χ2n) is 7.52. The zero-order valence-corrected chi connectivity index (χ0v) is 17.4. The quantitative estimate of drug-likeness (QED) is 0.646. The third-order valence-electron chi connectivity index (χ3n) is 5.69. The van der Waals surface area contributed by atoms with Crippen LogP contribution in [-0.2, 0) is 11.3 Å². The largest absolute Gasteiger partial charge is 0.494 e. The zero-order chi connectivity index (χ0) is 21.8. The van der Waals surface area contributed by atoms with E-state index in [0.717, 1.165) is 29.5 Å². The van der Waals surface area contributed by atoms with E-state index in [1.54, 1.807) is 6.92 Å². The molecule has 1 fully saturated rings. The lowest BCUT2D eigenvalue weighted by Gasteiger charge is -2.27. The molecule has 0 unspecified atom stereocenters. The molecule has 0 aliphatic carbocycles. The van der Waals surface area contributed by atoms with E-state index in [1.165, 1.54) is 10.8 Å². The van der Waals surface area contributed by atoms with Crippen LogP contribution >= 0.6 is 0 Å². The Labute approximate surface area is 180 Å². The first-order chi connectivity index (χ1) is 15.1. The van der Waals surface area contributed by atoms with Gasteiger partial charge in [-0.05, 0) is 23.9 Å². The first-order valence-corrected chi connectivity index (χ1v) is 10.3. The number of pyridine rings is 1. The Morgan fingerprint density at radius 2 is 1.90 bits per heavy atom. The van der Waals surface area contributed by atoms with Crippen LogP contribution in [0.1, 0.15) is 16.7 Å². The number of nitrogens with zero attached hydrogens (tertiary/aromatic N) is 4. The summed E-state index contributed by atoms with van der Waals surface area (Å²) in [5.74, 6) is -0.168. The van der Waals surface area contributed by atoms with Gasteiger partial charge in [-0.25, -0.2) is 0 Å². The summed E-state index contributed by atoms with van der Waals surface area (Å²) in [6.45, 7) is 5.40. The molecule has 0 radical (unpaired) electrons. The number of nitriles is 1. The minimum Gasteiger partial charge on any atom is -0.494 e. The summed E-state index contributed by atoms with van der Waals surface area (Å²) in [5, 5.41) is 22.5. The normalized spacial score (nSPS) is 14.8. The Hall–Kier alpha value is -3.47. The van der Waals surface area contributed by atoms with Crippen molar-refractivity contribution in [2.75, 3.05) is 32.8 Å². The van der Waals surface area contributed by atoms with E-state index >= 15 is 0 Å². The van der Waals surface area contributed by atoms with E-state index in [2.05, 4.69) is 9.89 Å². The van der Waals surface area contributed by atoms with E-state index in [0.29, 0.717) is 30.9 Å². The highest BCUT2D eigenvalue weighted by Gasteiger charge is 2.19. The number of aromatic hydroxyl groups is 1. The predicted octanol–water partition coefficient (Wildman–Crippen LogP) is 2.97. The molecule has 3 aromatic rings. The van der Waals surface area contributed by atoms with Gasteiger partial charge in [-0.1, -0.05) is 36.4 Å². The molecule has 7 nitrogen and oxygen atoms in total. The van der Waals surface area contributed by atoms with Crippen LogP contribution in [0.15, 0.2) is 52.3 Å². The van der Waals surface area contributed by atoms with Gasteiger partial charge in [0.1, 0.15) is 11.6 Å². The highest BCUT2D eigenvalue weighted by molar-refractivity contribution is 5.96. The van der Waals surface area contributed by atoms with Crippen LogP contribution in [0.2, 0.25) is 0 Å². The Kier molecular flexibility index (Phi) is 6.12. The fourth-order valence-corrected chi connectivity index (χ4v) is 3.85. The maximum atomic E-state index is 12.8. The number of hydrogen-bond acceptors (Lipinski definition) is 6. The molecule has 1 saturated heterocycles. The van der Waals surface area contributed by atoms with E-state index in [-0.39, 0.29) is 18.0 Å². The first-order valence-electron chi connectivity index (χ1n) is 10.3. The van der Waals surface area contributed by atoms with E-state index in [9.17, 15) is 15.2 Å². The highest BCUT2D eigenvalue weighted by Crippen LogP contribution is 2.27. The zero-order valence-electron chi connectivity index (χ0n) is 17.4. The van der Waals surface area contributed by atoms with E-state index < -0.39 is 5.56 Å². The number of rotatable bonds is 5. The van der Waals surface area contributed by atoms with Gasteiger partial charge in [0.15, 0.2) is 0 Å². The van der Waals surface area contributed by atoms with Gasteiger partial charge in [0.25, 0.3) is 5.56 Å². The Morgan fingerprint density at radius 1 is 1.16 bits per heavy atom. The van der Waals surface area contributed by atoms with Crippen LogP contribution in [0, 0.1) is 18.3 Å². The molecule has 0 atom stereocenters. The van der Waals surface area contributed by atoms with Crippen LogP contribution in [0.4, 0.5) is 5.69 Å². The Balaban J connectivity index is 1.72. The topological polar surface area (TPSA) is 90.8 Å². The molecular weight excluding hydrogens is 392 g/mol. The summed E-state index contributed by atoms with van der Waals surface area (Å²) < 4.78 is 6.62. The van der Waals surface area contributed by atoms with Crippen molar-refractivity contribution in [3.63, 3.8) is 0 Å². The molecule has 0 saturated carbocycles. The minimum atomic E-state index is -0.479. The summed E-state index contributed by atoms with van der Waals surface area (Å²) in [6.07, 6.45) is 1.54. The van der Waals surface area contributed by atoms with Gasteiger partial charge in [0.05, 0.1) is 24.5 Å². The molecule has 1 aromatic heterocycles. The van der Waals surface area contributed by atoms with Crippen LogP contribution in [-0.4, -0.2) is 53.6 Å². The molecule has 0 spiro atoms. The fraction of sp³-hybridized carbons (Fsp3) is 0.292. The smallest absolute Gasteiger partial charge is 0.271 e. The highest BCUT2D eigenvalue weighted by atomic mass is 16.5. The molecule has 7 heteroatoms. The van der Waals surface area contributed by atoms with Crippen molar-refractivity contribution in [3.05, 3.63) is 69.5 Å². The summed E-state index contributed by atoms with van der Waals surface area (Å²) >= 11 is 0. The van der Waals surface area contributed by atoms with Crippen molar-refractivity contribution in [1.29, 1.82) is 5.26 Å². The number of fused-ring (bicyclic) bond motifs is 1. The Morgan fingerprint density at radius 3 is 2.68 bits per heavy atom. The van der Waals surface area contributed by atoms with Gasteiger partial charge in [-0.15, -0.1) is 0 Å². The number of benzene rings is 2. The van der Waals surface area contributed by atoms with Gasteiger partial charge in [-0.3, -0.25) is 19.3 Å².